The molecule has 0 fully saturated rings. The zero-order valence-electron chi connectivity index (χ0n) is 8.50. The highest BCUT2D eigenvalue weighted by Crippen LogP contribution is 2.29. The first-order chi connectivity index (χ1) is 7.27. The van der Waals surface area contributed by atoms with Crippen LogP contribution in [0.1, 0.15) is 31.2 Å². The number of halogens is 1. The zero-order chi connectivity index (χ0) is 10.7. The van der Waals surface area contributed by atoms with E-state index in [-0.39, 0.29) is 5.78 Å². The maximum Gasteiger partial charge on any atom is 0.155 e. The van der Waals surface area contributed by atoms with E-state index in [1.807, 2.05) is 24.3 Å². The van der Waals surface area contributed by atoms with Gasteiger partial charge in [-0.05, 0) is 42.5 Å². The van der Waals surface area contributed by atoms with Crippen molar-refractivity contribution in [3.63, 3.8) is 0 Å². The fourth-order valence-electron chi connectivity index (χ4n) is 1.89. The van der Waals surface area contributed by atoms with Crippen LogP contribution in [0.15, 0.2) is 30.3 Å². The van der Waals surface area contributed by atoms with E-state index in [9.17, 15) is 4.79 Å². The molecule has 15 heavy (non-hydrogen) atoms. The van der Waals surface area contributed by atoms with Crippen LogP contribution in [0, 0.1) is 0 Å². The molecule has 78 valence electrons. The number of hydrogen-bond donors (Lipinski definition) is 0. The summed E-state index contributed by atoms with van der Waals surface area (Å²) in [4.78, 5) is 11.5. The number of rotatable bonds is 1. The van der Waals surface area contributed by atoms with Gasteiger partial charge in [0.1, 0.15) is 0 Å². The summed E-state index contributed by atoms with van der Waals surface area (Å²) in [6, 6.07) is 7.71. The van der Waals surface area contributed by atoms with Gasteiger partial charge in [0.05, 0.1) is 0 Å². The van der Waals surface area contributed by atoms with Crippen molar-refractivity contribution >= 4 is 23.0 Å². The third-order valence-electron chi connectivity index (χ3n) is 2.67. The van der Waals surface area contributed by atoms with Crippen LogP contribution in [0.5, 0.6) is 0 Å². The van der Waals surface area contributed by atoms with Crippen LogP contribution in [0.3, 0.4) is 0 Å². The van der Waals surface area contributed by atoms with Crippen LogP contribution in [0.2, 0.25) is 5.02 Å². The highest BCUT2D eigenvalue weighted by atomic mass is 35.5. The molecule has 0 unspecified atom stereocenters. The first-order valence-electron chi connectivity index (χ1n) is 5.25. The standard InChI is InChI=1S/C13H13ClO/c14-13-8-4-3-7-12(13)10-5-1-2-6-11(15)9-10/h3-4,7-9H,1-2,5-6H2. The van der Waals surface area contributed by atoms with Gasteiger partial charge >= 0.3 is 0 Å². The Morgan fingerprint density at radius 1 is 1.07 bits per heavy atom. The van der Waals surface area contributed by atoms with Crippen molar-refractivity contribution < 1.29 is 4.79 Å². The van der Waals surface area contributed by atoms with Crippen molar-refractivity contribution in [1.29, 1.82) is 0 Å². The van der Waals surface area contributed by atoms with Crippen molar-refractivity contribution in [2.24, 2.45) is 0 Å². The molecule has 2 rings (SSSR count). The molecule has 1 aliphatic carbocycles. The Morgan fingerprint density at radius 3 is 2.60 bits per heavy atom. The fraction of sp³-hybridized carbons (Fsp3) is 0.308. The van der Waals surface area contributed by atoms with E-state index in [4.69, 9.17) is 11.6 Å². The number of ketones is 1. The monoisotopic (exact) mass is 220 g/mol. The van der Waals surface area contributed by atoms with Gasteiger partial charge in [0.2, 0.25) is 0 Å². The van der Waals surface area contributed by atoms with Gasteiger partial charge in [-0.2, -0.15) is 0 Å². The Kier molecular flexibility index (Phi) is 3.22. The third kappa shape index (κ3) is 2.48. The number of carbonyl (C=O) groups is 1. The van der Waals surface area contributed by atoms with Crippen LogP contribution in [0.25, 0.3) is 5.57 Å². The van der Waals surface area contributed by atoms with Crippen molar-refractivity contribution in [2.45, 2.75) is 25.7 Å². The van der Waals surface area contributed by atoms with Crippen molar-refractivity contribution in [3.8, 4) is 0 Å². The lowest BCUT2D eigenvalue weighted by atomic mass is 10.0. The average molecular weight is 221 g/mol. The van der Waals surface area contributed by atoms with Gasteiger partial charge in [0.25, 0.3) is 0 Å². The molecule has 0 amide bonds. The molecule has 2 heteroatoms. The van der Waals surface area contributed by atoms with Gasteiger partial charge < -0.3 is 0 Å². The van der Waals surface area contributed by atoms with E-state index in [0.29, 0.717) is 6.42 Å². The lowest BCUT2D eigenvalue weighted by Gasteiger charge is -2.06. The molecule has 0 aromatic heterocycles. The van der Waals surface area contributed by atoms with Crippen LogP contribution in [-0.2, 0) is 4.79 Å². The molecular weight excluding hydrogens is 208 g/mol. The number of hydrogen-bond acceptors (Lipinski definition) is 1. The minimum absolute atomic E-state index is 0.224. The second kappa shape index (κ2) is 4.63. The Hall–Kier alpha value is -1.08. The second-order valence-corrected chi connectivity index (χ2v) is 4.23. The maximum atomic E-state index is 11.5. The molecular formula is C13H13ClO. The first-order valence-corrected chi connectivity index (χ1v) is 5.63. The van der Waals surface area contributed by atoms with Crippen LogP contribution in [0.4, 0.5) is 0 Å². The van der Waals surface area contributed by atoms with E-state index >= 15 is 0 Å². The topological polar surface area (TPSA) is 17.1 Å². The first kappa shape index (κ1) is 10.4. The summed E-state index contributed by atoms with van der Waals surface area (Å²) in [5, 5.41) is 0.735. The molecule has 0 aliphatic heterocycles. The number of carbonyl (C=O) groups excluding carboxylic acids is 1. The molecule has 0 bridgehead atoms. The number of allylic oxidation sites excluding steroid dienone is 2. The van der Waals surface area contributed by atoms with Crippen LogP contribution < -0.4 is 0 Å². The predicted octanol–water partition coefficient (Wildman–Crippen LogP) is 3.87. The number of benzene rings is 1. The molecule has 0 saturated heterocycles. The minimum atomic E-state index is 0.224. The van der Waals surface area contributed by atoms with E-state index < -0.39 is 0 Å². The van der Waals surface area contributed by atoms with Crippen LogP contribution in [-0.4, -0.2) is 5.78 Å². The average Bonchev–Trinajstić information content (AvgIpc) is 2.43. The highest BCUT2D eigenvalue weighted by molar-refractivity contribution is 6.32. The summed E-state index contributed by atoms with van der Waals surface area (Å²) in [7, 11) is 0. The molecule has 0 atom stereocenters. The van der Waals surface area contributed by atoms with Crippen molar-refractivity contribution in [3.05, 3.63) is 40.9 Å². The molecule has 0 heterocycles. The summed E-state index contributed by atoms with van der Waals surface area (Å²) in [6.07, 6.45) is 5.45. The van der Waals surface area contributed by atoms with E-state index in [1.165, 1.54) is 0 Å². The van der Waals surface area contributed by atoms with Gasteiger partial charge in [-0.25, -0.2) is 0 Å². The molecule has 0 spiro atoms. The smallest absolute Gasteiger partial charge is 0.155 e. The molecule has 0 radical (unpaired) electrons. The van der Waals surface area contributed by atoms with Crippen molar-refractivity contribution in [1.82, 2.24) is 0 Å². The Bertz CT molecular complexity index is 407. The van der Waals surface area contributed by atoms with Gasteiger partial charge in [-0.1, -0.05) is 29.8 Å². The summed E-state index contributed by atoms with van der Waals surface area (Å²) < 4.78 is 0. The summed E-state index contributed by atoms with van der Waals surface area (Å²) in [6.45, 7) is 0. The fourth-order valence-corrected chi connectivity index (χ4v) is 2.14. The van der Waals surface area contributed by atoms with Crippen molar-refractivity contribution in [2.75, 3.05) is 0 Å². The largest absolute Gasteiger partial charge is 0.295 e. The lowest BCUT2D eigenvalue weighted by Crippen LogP contribution is -1.91. The van der Waals surface area contributed by atoms with E-state index in [2.05, 4.69) is 0 Å². The predicted molar refractivity (Wildman–Crippen MR) is 62.9 cm³/mol. The molecule has 1 aliphatic rings. The molecule has 0 saturated carbocycles. The van der Waals surface area contributed by atoms with Gasteiger partial charge in [-0.3, -0.25) is 4.79 Å². The van der Waals surface area contributed by atoms with Gasteiger partial charge in [0.15, 0.2) is 5.78 Å². The van der Waals surface area contributed by atoms with Gasteiger partial charge in [-0.15, -0.1) is 0 Å². The maximum absolute atomic E-state index is 11.5. The molecule has 1 nitrogen and oxygen atoms in total. The SMILES string of the molecule is O=C1C=C(c2ccccc2Cl)CCCC1. The summed E-state index contributed by atoms with van der Waals surface area (Å²) >= 11 is 6.11. The Balaban J connectivity index is 2.37. The molecule has 1 aromatic rings. The molecule has 0 N–H and O–H groups in total. The second-order valence-electron chi connectivity index (χ2n) is 3.82. The van der Waals surface area contributed by atoms with E-state index in [1.54, 1.807) is 6.08 Å². The lowest BCUT2D eigenvalue weighted by molar-refractivity contribution is -0.114. The Labute approximate surface area is 94.8 Å². The third-order valence-corrected chi connectivity index (χ3v) is 3.00. The zero-order valence-corrected chi connectivity index (χ0v) is 9.26. The summed E-state index contributed by atoms with van der Waals surface area (Å²) in [5.74, 6) is 0.224. The highest BCUT2D eigenvalue weighted by Gasteiger charge is 2.11. The summed E-state index contributed by atoms with van der Waals surface area (Å²) in [5.41, 5.74) is 2.09. The Morgan fingerprint density at radius 2 is 1.80 bits per heavy atom. The minimum Gasteiger partial charge on any atom is -0.295 e. The molecule has 1 aromatic carbocycles. The normalized spacial score (nSPS) is 17.1. The van der Waals surface area contributed by atoms with E-state index in [0.717, 1.165) is 35.4 Å². The van der Waals surface area contributed by atoms with Crippen LogP contribution >= 0.6 is 11.6 Å². The quantitative estimate of drug-likeness (QED) is 0.702. The van der Waals surface area contributed by atoms with Gasteiger partial charge in [0, 0.05) is 11.4 Å².